The summed E-state index contributed by atoms with van der Waals surface area (Å²) in [4.78, 5) is 11.2. The molecule has 0 aliphatic rings. The van der Waals surface area contributed by atoms with Gasteiger partial charge in [-0.1, -0.05) is 22.8 Å². The van der Waals surface area contributed by atoms with E-state index in [1.54, 1.807) is 0 Å². The molecule has 1 rings (SSSR count). The maximum absolute atomic E-state index is 11.2. The number of nitrogens with two attached hydrogens (primary N) is 1. The van der Waals surface area contributed by atoms with Gasteiger partial charge in [0, 0.05) is 5.56 Å². The lowest BCUT2D eigenvalue weighted by Crippen LogP contribution is -2.13. The molecule has 0 atom stereocenters. The van der Waals surface area contributed by atoms with Crippen LogP contribution in [0, 0.1) is 0 Å². The smallest absolute Gasteiger partial charge is 0.339 e. The topological polar surface area (TPSA) is 84.9 Å². The summed E-state index contributed by atoms with van der Waals surface area (Å²) in [5.74, 6) is -0.612. The number of carbonyl (C=O) groups is 1. The fraction of sp³-hybridized carbons (Fsp3) is 0.111. The zero-order chi connectivity index (χ0) is 11.4. The molecule has 0 saturated heterocycles. The van der Waals surface area contributed by atoms with E-state index in [1.807, 2.05) is 0 Å². The van der Waals surface area contributed by atoms with Crippen LogP contribution in [0.15, 0.2) is 23.4 Å². The molecule has 1 aromatic rings. The van der Waals surface area contributed by atoms with E-state index >= 15 is 0 Å². The van der Waals surface area contributed by atoms with Crippen molar-refractivity contribution in [1.82, 2.24) is 0 Å². The van der Waals surface area contributed by atoms with Crippen molar-refractivity contribution in [2.24, 2.45) is 10.9 Å². The Bertz CT molecular complexity index is 418. The SMILES string of the molecule is COC(=O)c1ccc(/C(N)=N/O)cc1Cl. The van der Waals surface area contributed by atoms with Gasteiger partial charge in [-0.25, -0.2) is 4.79 Å². The van der Waals surface area contributed by atoms with Gasteiger partial charge in [-0.15, -0.1) is 0 Å². The summed E-state index contributed by atoms with van der Waals surface area (Å²) >= 11 is 5.81. The Kier molecular flexibility index (Phi) is 3.51. The Labute approximate surface area is 91.1 Å². The van der Waals surface area contributed by atoms with Crippen LogP contribution in [-0.4, -0.2) is 24.1 Å². The van der Waals surface area contributed by atoms with Crippen LogP contribution >= 0.6 is 11.6 Å². The van der Waals surface area contributed by atoms with Crippen LogP contribution in [0.2, 0.25) is 5.02 Å². The van der Waals surface area contributed by atoms with Crippen LogP contribution in [0.1, 0.15) is 15.9 Å². The predicted molar refractivity (Wildman–Crippen MR) is 55.3 cm³/mol. The van der Waals surface area contributed by atoms with E-state index in [0.717, 1.165) is 0 Å². The van der Waals surface area contributed by atoms with E-state index < -0.39 is 5.97 Å². The molecule has 0 radical (unpaired) electrons. The fourth-order valence-electron chi connectivity index (χ4n) is 1.01. The lowest BCUT2D eigenvalue weighted by molar-refractivity contribution is 0.0601. The normalized spacial score (nSPS) is 11.2. The summed E-state index contributed by atoms with van der Waals surface area (Å²) in [5, 5.41) is 11.4. The average Bonchev–Trinajstić information content (AvgIpc) is 2.26. The van der Waals surface area contributed by atoms with Crippen molar-refractivity contribution in [2.45, 2.75) is 0 Å². The molecule has 5 nitrogen and oxygen atoms in total. The first-order valence-corrected chi connectivity index (χ1v) is 4.33. The van der Waals surface area contributed by atoms with Gasteiger partial charge < -0.3 is 15.7 Å². The highest BCUT2D eigenvalue weighted by Crippen LogP contribution is 2.18. The van der Waals surface area contributed by atoms with Gasteiger partial charge in [-0.3, -0.25) is 0 Å². The van der Waals surface area contributed by atoms with E-state index in [2.05, 4.69) is 9.89 Å². The summed E-state index contributed by atoms with van der Waals surface area (Å²) in [5.41, 5.74) is 6.00. The molecule has 0 aliphatic carbocycles. The van der Waals surface area contributed by atoms with Crippen molar-refractivity contribution in [3.05, 3.63) is 34.3 Å². The molecule has 0 unspecified atom stereocenters. The number of carbonyl (C=O) groups excluding carboxylic acids is 1. The van der Waals surface area contributed by atoms with Crippen LogP contribution in [0.4, 0.5) is 0 Å². The van der Waals surface area contributed by atoms with Gasteiger partial charge in [0.05, 0.1) is 17.7 Å². The molecule has 0 saturated carbocycles. The maximum atomic E-state index is 11.2. The van der Waals surface area contributed by atoms with Crippen molar-refractivity contribution in [1.29, 1.82) is 0 Å². The van der Waals surface area contributed by atoms with E-state index in [0.29, 0.717) is 5.56 Å². The Morgan fingerprint density at radius 2 is 2.27 bits per heavy atom. The van der Waals surface area contributed by atoms with Crippen molar-refractivity contribution in [2.75, 3.05) is 7.11 Å². The Balaban J connectivity index is 3.14. The molecule has 0 bridgehead atoms. The Morgan fingerprint density at radius 3 is 2.73 bits per heavy atom. The molecule has 15 heavy (non-hydrogen) atoms. The minimum Gasteiger partial charge on any atom is -0.465 e. The van der Waals surface area contributed by atoms with Gasteiger partial charge in [0.15, 0.2) is 5.84 Å². The van der Waals surface area contributed by atoms with Crippen LogP contribution in [0.5, 0.6) is 0 Å². The maximum Gasteiger partial charge on any atom is 0.339 e. The first-order chi connectivity index (χ1) is 7.10. The second-order valence-corrected chi connectivity index (χ2v) is 3.08. The van der Waals surface area contributed by atoms with Crippen LogP contribution in [0.3, 0.4) is 0 Å². The first-order valence-electron chi connectivity index (χ1n) is 3.96. The highest BCUT2D eigenvalue weighted by Gasteiger charge is 2.11. The molecule has 80 valence electrons. The third-order valence-corrected chi connectivity index (χ3v) is 2.09. The van der Waals surface area contributed by atoms with E-state index in [1.165, 1.54) is 25.3 Å². The molecule has 0 aromatic heterocycles. The highest BCUT2D eigenvalue weighted by atomic mass is 35.5. The number of methoxy groups -OCH3 is 1. The molecule has 0 heterocycles. The molecule has 3 N–H and O–H groups in total. The molecular formula is C9H9ClN2O3. The molecule has 0 spiro atoms. The number of hydrogen-bond acceptors (Lipinski definition) is 4. The molecule has 0 aliphatic heterocycles. The number of oxime groups is 1. The summed E-state index contributed by atoms with van der Waals surface area (Å²) in [6, 6.07) is 4.37. The minimum atomic E-state index is -0.536. The monoisotopic (exact) mass is 228 g/mol. The van der Waals surface area contributed by atoms with Gasteiger partial charge >= 0.3 is 5.97 Å². The van der Waals surface area contributed by atoms with Crippen LogP contribution < -0.4 is 5.73 Å². The Morgan fingerprint density at radius 1 is 1.60 bits per heavy atom. The lowest BCUT2D eigenvalue weighted by Gasteiger charge is -2.04. The average molecular weight is 229 g/mol. The number of ether oxygens (including phenoxy) is 1. The van der Waals surface area contributed by atoms with Gasteiger partial charge in [0.1, 0.15) is 0 Å². The lowest BCUT2D eigenvalue weighted by atomic mass is 10.1. The van der Waals surface area contributed by atoms with Gasteiger partial charge in [-0.2, -0.15) is 0 Å². The number of benzene rings is 1. The molecule has 0 fully saturated rings. The minimum absolute atomic E-state index is 0.0756. The van der Waals surface area contributed by atoms with E-state index in [-0.39, 0.29) is 16.4 Å². The van der Waals surface area contributed by atoms with E-state index in [4.69, 9.17) is 22.5 Å². The number of esters is 1. The predicted octanol–water partition coefficient (Wildman–Crippen LogP) is 1.22. The Hall–Kier alpha value is -1.75. The third-order valence-electron chi connectivity index (χ3n) is 1.78. The van der Waals surface area contributed by atoms with Crippen molar-refractivity contribution in [3.8, 4) is 0 Å². The number of amidine groups is 1. The van der Waals surface area contributed by atoms with Crippen LogP contribution in [-0.2, 0) is 4.74 Å². The van der Waals surface area contributed by atoms with E-state index in [9.17, 15) is 4.79 Å². The molecular weight excluding hydrogens is 220 g/mol. The molecule has 6 heteroatoms. The number of rotatable bonds is 2. The second kappa shape index (κ2) is 4.65. The number of nitrogens with zero attached hydrogens (tertiary/aromatic N) is 1. The third kappa shape index (κ3) is 2.38. The first kappa shape index (κ1) is 11.3. The van der Waals surface area contributed by atoms with Crippen molar-refractivity contribution < 1.29 is 14.7 Å². The zero-order valence-corrected chi connectivity index (χ0v) is 8.65. The standard InChI is InChI=1S/C9H9ClN2O3/c1-15-9(13)6-3-2-5(4-7(6)10)8(11)12-14/h2-4,14H,1H3,(H2,11,12). The van der Waals surface area contributed by atoms with Crippen LogP contribution in [0.25, 0.3) is 0 Å². The van der Waals surface area contributed by atoms with Gasteiger partial charge in [0.2, 0.25) is 0 Å². The summed E-state index contributed by atoms with van der Waals surface area (Å²) in [7, 11) is 1.26. The quantitative estimate of drug-likeness (QED) is 0.262. The highest BCUT2D eigenvalue weighted by molar-refractivity contribution is 6.34. The van der Waals surface area contributed by atoms with Crippen molar-refractivity contribution >= 4 is 23.4 Å². The summed E-state index contributed by atoms with van der Waals surface area (Å²) in [6.45, 7) is 0. The number of halogens is 1. The summed E-state index contributed by atoms with van der Waals surface area (Å²) in [6.07, 6.45) is 0. The largest absolute Gasteiger partial charge is 0.465 e. The fourth-order valence-corrected chi connectivity index (χ4v) is 1.27. The molecule has 1 aromatic carbocycles. The summed E-state index contributed by atoms with van der Waals surface area (Å²) < 4.78 is 4.51. The van der Waals surface area contributed by atoms with Gasteiger partial charge in [0.25, 0.3) is 0 Å². The zero-order valence-electron chi connectivity index (χ0n) is 7.90. The number of hydrogen-bond donors (Lipinski definition) is 2. The molecule has 0 amide bonds. The van der Waals surface area contributed by atoms with Gasteiger partial charge in [-0.05, 0) is 12.1 Å². The second-order valence-electron chi connectivity index (χ2n) is 2.67. The van der Waals surface area contributed by atoms with Crippen molar-refractivity contribution in [3.63, 3.8) is 0 Å².